The summed E-state index contributed by atoms with van der Waals surface area (Å²) in [5.41, 5.74) is 3.23. The average Bonchev–Trinajstić information content (AvgIpc) is 2.76. The monoisotopic (exact) mass is 324 g/mol. The van der Waals surface area contributed by atoms with Crippen LogP contribution in [0.4, 0.5) is 0 Å². The molecule has 2 aromatic rings. The third-order valence-electron chi connectivity index (χ3n) is 3.37. The quantitative estimate of drug-likeness (QED) is 0.723. The van der Waals surface area contributed by atoms with Gasteiger partial charge in [0.05, 0.1) is 23.9 Å². The van der Waals surface area contributed by atoms with Crippen molar-refractivity contribution >= 4 is 11.6 Å². The number of aliphatic hydroxyl groups is 1. The van der Waals surface area contributed by atoms with E-state index in [0.29, 0.717) is 30.6 Å². The van der Waals surface area contributed by atoms with E-state index in [9.17, 15) is 0 Å². The Balaban J connectivity index is 1.76. The van der Waals surface area contributed by atoms with Crippen molar-refractivity contribution in [3.8, 4) is 5.88 Å². The van der Waals surface area contributed by atoms with Crippen molar-refractivity contribution in [1.82, 2.24) is 20.1 Å². The van der Waals surface area contributed by atoms with E-state index in [1.807, 2.05) is 18.5 Å². The number of pyridine rings is 1. The van der Waals surface area contributed by atoms with Gasteiger partial charge < -0.3 is 15.2 Å². The van der Waals surface area contributed by atoms with Crippen molar-refractivity contribution in [3.05, 3.63) is 40.3 Å². The van der Waals surface area contributed by atoms with Crippen molar-refractivity contribution in [3.63, 3.8) is 0 Å². The fourth-order valence-corrected chi connectivity index (χ4v) is 2.30. The minimum absolute atomic E-state index is 0.0940. The van der Waals surface area contributed by atoms with Gasteiger partial charge in [-0.05, 0) is 19.9 Å². The number of aryl methyl sites for hydroxylation is 1. The number of aromatic nitrogens is 3. The van der Waals surface area contributed by atoms with Crippen molar-refractivity contribution in [2.24, 2.45) is 0 Å². The molecule has 0 amide bonds. The van der Waals surface area contributed by atoms with Gasteiger partial charge in [-0.3, -0.25) is 4.68 Å². The number of ether oxygens (including phenoxy) is 1. The zero-order valence-corrected chi connectivity index (χ0v) is 13.6. The Morgan fingerprint density at radius 1 is 1.36 bits per heavy atom. The second-order valence-corrected chi connectivity index (χ2v) is 5.37. The van der Waals surface area contributed by atoms with Crippen LogP contribution in [0.1, 0.15) is 17.0 Å². The maximum atomic E-state index is 9.01. The van der Waals surface area contributed by atoms with Crippen LogP contribution in [-0.2, 0) is 13.1 Å². The van der Waals surface area contributed by atoms with Crippen LogP contribution in [0.3, 0.4) is 0 Å². The van der Waals surface area contributed by atoms with Gasteiger partial charge in [-0.25, -0.2) is 4.98 Å². The van der Waals surface area contributed by atoms with E-state index in [4.69, 9.17) is 21.4 Å². The standard InChI is InChI=1S/C15H21ClN4O2/c1-11-14(12(2)20(19-11)6-7-21)10-17-5-8-22-15-4-3-13(16)9-18-15/h3-4,9,17,21H,5-8,10H2,1-2H3. The van der Waals surface area contributed by atoms with Crippen LogP contribution in [0.5, 0.6) is 5.88 Å². The minimum Gasteiger partial charge on any atom is -0.476 e. The second-order valence-electron chi connectivity index (χ2n) is 4.94. The van der Waals surface area contributed by atoms with Crippen LogP contribution in [0, 0.1) is 13.8 Å². The van der Waals surface area contributed by atoms with Crippen molar-refractivity contribution in [2.45, 2.75) is 26.9 Å². The highest BCUT2D eigenvalue weighted by Gasteiger charge is 2.10. The van der Waals surface area contributed by atoms with E-state index >= 15 is 0 Å². The maximum absolute atomic E-state index is 9.01. The smallest absolute Gasteiger partial charge is 0.213 e. The number of hydrogen-bond donors (Lipinski definition) is 2. The fourth-order valence-electron chi connectivity index (χ4n) is 2.19. The highest BCUT2D eigenvalue weighted by molar-refractivity contribution is 6.30. The molecule has 0 radical (unpaired) electrons. The van der Waals surface area contributed by atoms with Crippen molar-refractivity contribution in [1.29, 1.82) is 0 Å². The molecule has 22 heavy (non-hydrogen) atoms. The van der Waals surface area contributed by atoms with Crippen LogP contribution in [0.2, 0.25) is 5.02 Å². The number of aliphatic hydroxyl groups excluding tert-OH is 1. The van der Waals surface area contributed by atoms with E-state index in [0.717, 1.165) is 23.5 Å². The number of halogens is 1. The summed E-state index contributed by atoms with van der Waals surface area (Å²) in [6.45, 7) is 6.56. The molecule has 0 aliphatic rings. The van der Waals surface area contributed by atoms with E-state index < -0.39 is 0 Å². The molecule has 2 rings (SSSR count). The van der Waals surface area contributed by atoms with E-state index in [-0.39, 0.29) is 6.61 Å². The molecule has 0 saturated heterocycles. The lowest BCUT2D eigenvalue weighted by Gasteiger charge is -2.07. The van der Waals surface area contributed by atoms with Crippen LogP contribution in [-0.4, -0.2) is 39.6 Å². The molecule has 0 aliphatic heterocycles. The summed E-state index contributed by atoms with van der Waals surface area (Å²) in [6, 6.07) is 3.50. The Morgan fingerprint density at radius 2 is 2.18 bits per heavy atom. The normalized spacial score (nSPS) is 10.9. The van der Waals surface area contributed by atoms with Gasteiger partial charge in [0, 0.05) is 36.6 Å². The summed E-state index contributed by atoms with van der Waals surface area (Å²) in [5, 5.41) is 17.3. The Hall–Kier alpha value is -1.63. The molecule has 0 atom stereocenters. The van der Waals surface area contributed by atoms with Crippen molar-refractivity contribution in [2.75, 3.05) is 19.8 Å². The molecule has 120 valence electrons. The molecule has 0 aliphatic carbocycles. The van der Waals surface area contributed by atoms with Crippen LogP contribution in [0.25, 0.3) is 0 Å². The first-order chi connectivity index (χ1) is 10.6. The zero-order chi connectivity index (χ0) is 15.9. The average molecular weight is 325 g/mol. The van der Waals surface area contributed by atoms with Gasteiger partial charge in [-0.2, -0.15) is 5.10 Å². The molecule has 6 nitrogen and oxygen atoms in total. The van der Waals surface area contributed by atoms with Gasteiger partial charge >= 0.3 is 0 Å². The lowest BCUT2D eigenvalue weighted by molar-refractivity contribution is 0.267. The Morgan fingerprint density at radius 3 is 2.86 bits per heavy atom. The molecule has 0 unspecified atom stereocenters. The summed E-state index contributed by atoms with van der Waals surface area (Å²) in [6.07, 6.45) is 1.56. The first-order valence-corrected chi connectivity index (χ1v) is 7.58. The molecule has 2 aromatic heterocycles. The van der Waals surface area contributed by atoms with Gasteiger partial charge in [0.1, 0.15) is 6.61 Å². The maximum Gasteiger partial charge on any atom is 0.213 e. The Labute approximate surface area is 135 Å². The van der Waals surface area contributed by atoms with Gasteiger partial charge in [0.15, 0.2) is 0 Å². The summed E-state index contributed by atoms with van der Waals surface area (Å²) >= 11 is 5.76. The summed E-state index contributed by atoms with van der Waals surface area (Å²) in [7, 11) is 0. The Kier molecular flexibility index (Phi) is 6.18. The predicted octanol–water partition coefficient (Wildman–Crippen LogP) is 1.71. The third-order valence-corrected chi connectivity index (χ3v) is 3.60. The summed E-state index contributed by atoms with van der Waals surface area (Å²) in [5.74, 6) is 0.564. The molecule has 0 saturated carbocycles. The zero-order valence-electron chi connectivity index (χ0n) is 12.8. The third kappa shape index (κ3) is 4.43. The van der Waals surface area contributed by atoms with Gasteiger partial charge in [0.2, 0.25) is 5.88 Å². The predicted molar refractivity (Wildman–Crippen MR) is 85.2 cm³/mol. The number of nitrogens with one attached hydrogen (secondary N) is 1. The molecular weight excluding hydrogens is 304 g/mol. The molecule has 2 N–H and O–H groups in total. The van der Waals surface area contributed by atoms with Crippen LogP contribution >= 0.6 is 11.6 Å². The van der Waals surface area contributed by atoms with Crippen LogP contribution < -0.4 is 10.1 Å². The number of rotatable bonds is 8. The van der Waals surface area contributed by atoms with Gasteiger partial charge in [0.25, 0.3) is 0 Å². The fraction of sp³-hybridized carbons (Fsp3) is 0.467. The summed E-state index contributed by atoms with van der Waals surface area (Å²) in [4.78, 5) is 4.07. The van der Waals surface area contributed by atoms with E-state index in [1.54, 1.807) is 18.3 Å². The molecule has 0 fully saturated rings. The first-order valence-electron chi connectivity index (χ1n) is 7.20. The molecular formula is C15H21ClN4O2. The summed E-state index contributed by atoms with van der Waals surface area (Å²) < 4.78 is 7.35. The lowest BCUT2D eigenvalue weighted by Crippen LogP contribution is -2.21. The number of nitrogens with zero attached hydrogens (tertiary/aromatic N) is 3. The molecule has 0 spiro atoms. The van der Waals surface area contributed by atoms with E-state index in [1.165, 1.54) is 0 Å². The highest BCUT2D eigenvalue weighted by atomic mass is 35.5. The largest absolute Gasteiger partial charge is 0.476 e. The molecule has 7 heteroatoms. The first kappa shape index (κ1) is 16.7. The topological polar surface area (TPSA) is 72.2 Å². The SMILES string of the molecule is Cc1nn(CCO)c(C)c1CNCCOc1ccc(Cl)cn1. The molecule has 2 heterocycles. The molecule has 0 aromatic carbocycles. The molecule has 0 bridgehead atoms. The van der Waals surface area contributed by atoms with E-state index in [2.05, 4.69) is 15.4 Å². The number of hydrogen-bond acceptors (Lipinski definition) is 5. The lowest BCUT2D eigenvalue weighted by atomic mass is 10.2. The minimum atomic E-state index is 0.0940. The second kappa shape index (κ2) is 8.12. The highest BCUT2D eigenvalue weighted by Crippen LogP contribution is 2.13. The Bertz CT molecular complexity index is 598. The van der Waals surface area contributed by atoms with Gasteiger partial charge in [-0.1, -0.05) is 11.6 Å². The van der Waals surface area contributed by atoms with Crippen molar-refractivity contribution < 1.29 is 9.84 Å². The van der Waals surface area contributed by atoms with Gasteiger partial charge in [-0.15, -0.1) is 0 Å². The van der Waals surface area contributed by atoms with Crippen LogP contribution in [0.15, 0.2) is 18.3 Å².